The third-order valence-electron chi connectivity index (χ3n) is 0.458. The maximum atomic E-state index is 11.1. The van der Waals surface area contributed by atoms with Crippen molar-refractivity contribution in [2.75, 3.05) is 5.54 Å². The van der Waals surface area contributed by atoms with E-state index < -0.39 is 0 Å². The summed E-state index contributed by atoms with van der Waals surface area (Å²) < 4.78 is 15.1. The molecule has 0 radical (unpaired) electrons. The highest BCUT2D eigenvalue weighted by Crippen LogP contribution is 1.94. The molecule has 0 amide bonds. The normalized spacial score (nSPS) is 8.71. The van der Waals surface area contributed by atoms with Crippen LogP contribution < -0.4 is 5.54 Å². The van der Waals surface area contributed by atoms with Gasteiger partial charge in [0.2, 0.25) is 5.82 Å². The van der Waals surface area contributed by atoms with Crippen LogP contribution in [0.15, 0.2) is 10.8 Å². The Labute approximate surface area is 38.2 Å². The maximum Gasteiger partial charge on any atom is 0.218 e. The lowest BCUT2D eigenvalue weighted by molar-refractivity contribution is 0.307. The molecule has 0 aliphatic rings. The molecule has 0 unspecified atom stereocenters. The fraction of sp³-hybridized carbons (Fsp3) is 0. The van der Waals surface area contributed by atoms with Crippen molar-refractivity contribution in [2.45, 2.75) is 0 Å². The van der Waals surface area contributed by atoms with Crippen LogP contribution in [-0.4, -0.2) is 10.3 Å². The highest BCUT2D eigenvalue weighted by molar-refractivity contribution is 5.23. The summed E-state index contributed by atoms with van der Waals surface area (Å²) in [6, 6.07) is 0. The van der Waals surface area contributed by atoms with Gasteiger partial charge in [0, 0.05) is 0 Å². The summed E-state index contributed by atoms with van der Waals surface area (Å²) in [5, 5.41) is 6.17. The standard InChI is InChI=1S/C2H2FN3O/c3-5-2-1-4-7-6-2/h1H,(H,5,6). The van der Waals surface area contributed by atoms with Crippen LogP contribution in [0.1, 0.15) is 0 Å². The van der Waals surface area contributed by atoms with Gasteiger partial charge in [-0.05, 0) is 5.16 Å². The lowest BCUT2D eigenvalue weighted by Gasteiger charge is -1.74. The van der Waals surface area contributed by atoms with Crippen LogP contribution in [0.4, 0.5) is 10.3 Å². The van der Waals surface area contributed by atoms with Crippen molar-refractivity contribution in [1.82, 2.24) is 10.3 Å². The third kappa shape index (κ3) is 0.648. The Hall–Kier alpha value is -1.13. The zero-order valence-corrected chi connectivity index (χ0v) is 3.26. The van der Waals surface area contributed by atoms with Crippen LogP contribution in [0.2, 0.25) is 0 Å². The molecule has 0 atom stereocenters. The van der Waals surface area contributed by atoms with Crippen molar-refractivity contribution in [1.29, 1.82) is 0 Å². The molecule has 1 N–H and O–H groups in total. The molecule has 7 heavy (non-hydrogen) atoms. The van der Waals surface area contributed by atoms with Gasteiger partial charge in [-0.25, -0.2) is 10.2 Å². The molecule has 1 rings (SSSR count). The smallest absolute Gasteiger partial charge is 0.218 e. The lowest BCUT2D eigenvalue weighted by atomic mass is 10.8. The minimum Gasteiger partial charge on any atom is -0.242 e. The fourth-order valence-electron chi connectivity index (χ4n) is 0.206. The quantitative estimate of drug-likeness (QED) is 0.521. The largest absolute Gasteiger partial charge is 0.242 e. The number of anilines is 1. The van der Waals surface area contributed by atoms with Crippen LogP contribution in [-0.2, 0) is 0 Å². The topological polar surface area (TPSA) is 51.0 Å². The fourth-order valence-corrected chi connectivity index (χ4v) is 0.206. The Balaban J connectivity index is 2.76. The number of nitrogens with zero attached hydrogens (tertiary/aromatic N) is 2. The van der Waals surface area contributed by atoms with Gasteiger partial charge < -0.3 is 0 Å². The Morgan fingerprint density at radius 3 is 3.00 bits per heavy atom. The van der Waals surface area contributed by atoms with Crippen LogP contribution in [0.25, 0.3) is 0 Å². The summed E-state index contributed by atoms with van der Waals surface area (Å²) in [5.74, 6) is -0.0139. The molecule has 1 heterocycles. The van der Waals surface area contributed by atoms with Gasteiger partial charge in [0.15, 0.2) is 0 Å². The predicted octanol–water partition coefficient (Wildman–Crippen LogP) is 0.366. The minimum atomic E-state index is -0.0139. The number of aromatic nitrogens is 2. The monoisotopic (exact) mass is 103 g/mol. The molecule has 0 aliphatic heterocycles. The van der Waals surface area contributed by atoms with Crippen LogP contribution in [0.3, 0.4) is 0 Å². The molecule has 0 fully saturated rings. The van der Waals surface area contributed by atoms with E-state index in [4.69, 9.17) is 0 Å². The van der Waals surface area contributed by atoms with Crippen LogP contribution in [0.5, 0.6) is 0 Å². The van der Waals surface area contributed by atoms with E-state index >= 15 is 0 Å². The molecule has 0 spiro atoms. The molecule has 1 aromatic rings. The van der Waals surface area contributed by atoms with Gasteiger partial charge in [-0.3, -0.25) is 0 Å². The van der Waals surface area contributed by atoms with Crippen molar-refractivity contribution in [2.24, 2.45) is 0 Å². The first-order valence-corrected chi connectivity index (χ1v) is 1.57. The van der Waals surface area contributed by atoms with E-state index in [1.54, 1.807) is 0 Å². The molecular formula is C2H2FN3O. The molecular weight excluding hydrogens is 101 g/mol. The van der Waals surface area contributed by atoms with Gasteiger partial charge in [-0.1, -0.05) is 5.16 Å². The molecule has 5 heteroatoms. The van der Waals surface area contributed by atoms with E-state index in [1.165, 1.54) is 5.54 Å². The van der Waals surface area contributed by atoms with Crippen molar-refractivity contribution < 1.29 is 9.11 Å². The Kier molecular flexibility index (Phi) is 0.892. The van der Waals surface area contributed by atoms with Crippen molar-refractivity contribution in [3.63, 3.8) is 0 Å². The second-order valence-electron chi connectivity index (χ2n) is 0.887. The van der Waals surface area contributed by atoms with E-state index in [9.17, 15) is 4.48 Å². The molecule has 1 aromatic heterocycles. The van der Waals surface area contributed by atoms with Crippen LogP contribution >= 0.6 is 0 Å². The van der Waals surface area contributed by atoms with Gasteiger partial charge in [-0.15, -0.1) is 4.48 Å². The number of rotatable bonds is 1. The van der Waals surface area contributed by atoms with E-state index in [0.717, 1.165) is 6.20 Å². The van der Waals surface area contributed by atoms with E-state index in [1.807, 2.05) is 0 Å². The van der Waals surface area contributed by atoms with Gasteiger partial charge in [0.05, 0.1) is 0 Å². The molecule has 0 saturated heterocycles. The molecule has 0 saturated carbocycles. The SMILES string of the molecule is FNc1cnon1. The highest BCUT2D eigenvalue weighted by Gasteiger charge is 1.89. The minimum absolute atomic E-state index is 0.0139. The summed E-state index contributed by atoms with van der Waals surface area (Å²) in [6.07, 6.45) is 1.12. The summed E-state index contributed by atoms with van der Waals surface area (Å²) >= 11 is 0. The van der Waals surface area contributed by atoms with E-state index in [0.29, 0.717) is 0 Å². The predicted molar refractivity (Wildman–Crippen MR) is 19.0 cm³/mol. The first-order valence-electron chi connectivity index (χ1n) is 1.57. The van der Waals surface area contributed by atoms with Gasteiger partial charge in [0.25, 0.3) is 0 Å². The van der Waals surface area contributed by atoms with Crippen LogP contribution in [0, 0.1) is 0 Å². The van der Waals surface area contributed by atoms with Crippen molar-refractivity contribution >= 4 is 5.82 Å². The van der Waals surface area contributed by atoms with Gasteiger partial charge in [0.1, 0.15) is 6.20 Å². The van der Waals surface area contributed by atoms with Crippen molar-refractivity contribution in [3.8, 4) is 0 Å². The summed E-state index contributed by atoms with van der Waals surface area (Å²) in [5.41, 5.74) is 1.24. The first-order chi connectivity index (χ1) is 3.43. The first kappa shape index (κ1) is 4.04. The number of hydrogen-bond acceptors (Lipinski definition) is 4. The molecule has 4 nitrogen and oxygen atoms in total. The molecule has 0 bridgehead atoms. The second-order valence-corrected chi connectivity index (χ2v) is 0.887. The Bertz CT molecular complexity index is 127. The molecule has 38 valence electrons. The summed E-state index contributed by atoms with van der Waals surface area (Å²) in [4.78, 5) is 0. The number of hydrogen-bond donors (Lipinski definition) is 1. The lowest BCUT2D eigenvalue weighted by Crippen LogP contribution is -1.77. The Morgan fingerprint density at radius 2 is 2.71 bits per heavy atom. The van der Waals surface area contributed by atoms with E-state index in [-0.39, 0.29) is 5.82 Å². The zero-order chi connectivity index (χ0) is 5.11. The Morgan fingerprint density at radius 1 is 1.86 bits per heavy atom. The number of nitrogens with one attached hydrogen (secondary N) is 1. The maximum absolute atomic E-state index is 11.1. The number of halogens is 1. The molecule has 0 aliphatic carbocycles. The molecule has 0 aromatic carbocycles. The highest BCUT2D eigenvalue weighted by atomic mass is 19.2. The second kappa shape index (κ2) is 1.55. The van der Waals surface area contributed by atoms with Crippen molar-refractivity contribution in [3.05, 3.63) is 6.20 Å². The summed E-state index contributed by atoms with van der Waals surface area (Å²) in [6.45, 7) is 0. The zero-order valence-electron chi connectivity index (χ0n) is 3.26. The van der Waals surface area contributed by atoms with Gasteiger partial charge in [-0.2, -0.15) is 0 Å². The van der Waals surface area contributed by atoms with E-state index in [2.05, 4.69) is 14.9 Å². The van der Waals surface area contributed by atoms with Gasteiger partial charge >= 0.3 is 0 Å². The summed E-state index contributed by atoms with van der Waals surface area (Å²) in [7, 11) is 0. The third-order valence-corrected chi connectivity index (χ3v) is 0.458. The average molecular weight is 103 g/mol. The average Bonchev–Trinajstić information content (AvgIpc) is 2.14.